The van der Waals surface area contributed by atoms with Crippen molar-refractivity contribution in [1.82, 2.24) is 14.7 Å². The van der Waals surface area contributed by atoms with Crippen LogP contribution in [0.25, 0.3) is 10.8 Å². The molecule has 30 heavy (non-hydrogen) atoms. The van der Waals surface area contributed by atoms with Gasteiger partial charge in [0, 0.05) is 19.0 Å². The first-order valence-electron chi connectivity index (χ1n) is 10.5. The normalized spacial score (nSPS) is 10.9. The van der Waals surface area contributed by atoms with Gasteiger partial charge in [0.25, 0.3) is 11.5 Å². The van der Waals surface area contributed by atoms with Gasteiger partial charge in [-0.15, -0.1) is 0 Å². The molecule has 0 radical (unpaired) electrons. The molecule has 3 rings (SSSR count). The van der Waals surface area contributed by atoms with Crippen LogP contribution >= 0.6 is 0 Å². The lowest BCUT2D eigenvalue weighted by Gasteiger charge is -2.19. The number of fused-ring (bicyclic) bond motifs is 1. The van der Waals surface area contributed by atoms with E-state index >= 15 is 0 Å². The fourth-order valence-corrected chi connectivity index (χ4v) is 3.27. The number of rotatable bonds is 9. The molecule has 0 aliphatic carbocycles. The number of hydrogen-bond acceptors (Lipinski definition) is 4. The number of aryl methyl sites for hydroxylation is 2. The molecule has 6 nitrogen and oxygen atoms in total. The lowest BCUT2D eigenvalue weighted by atomic mass is 10.1. The Labute approximate surface area is 177 Å². The number of amides is 1. The quantitative estimate of drug-likeness (QED) is 0.502. The third-order valence-corrected chi connectivity index (χ3v) is 5.11. The molecule has 0 fully saturated rings. The minimum absolute atomic E-state index is 0.149. The summed E-state index contributed by atoms with van der Waals surface area (Å²) in [7, 11) is 1.73. The summed E-state index contributed by atoms with van der Waals surface area (Å²) in [4.78, 5) is 27.5. The van der Waals surface area contributed by atoms with Crippen molar-refractivity contribution in [1.29, 1.82) is 0 Å². The standard InChI is InChI=1S/C24H29N3O3/c1-4-5-8-15-27-23(28)21-10-7-6-9-20(21)22(25-27)24(29)26(3)16-17-30-19-13-11-18(2)12-14-19/h6-7,9-14H,4-5,8,15-17H2,1-3H3. The highest BCUT2D eigenvalue weighted by molar-refractivity contribution is 6.04. The fraction of sp³-hybridized carbons (Fsp3) is 0.375. The first kappa shape index (κ1) is 21.6. The smallest absolute Gasteiger partial charge is 0.274 e. The number of nitrogens with zero attached hydrogens (tertiary/aromatic N) is 3. The molecule has 0 aliphatic rings. The van der Waals surface area contributed by atoms with E-state index in [-0.39, 0.29) is 11.5 Å². The van der Waals surface area contributed by atoms with Crippen LogP contribution in [0, 0.1) is 6.92 Å². The zero-order chi connectivity index (χ0) is 21.5. The van der Waals surface area contributed by atoms with Gasteiger partial charge in [0.15, 0.2) is 5.69 Å². The third-order valence-electron chi connectivity index (χ3n) is 5.11. The highest BCUT2D eigenvalue weighted by Crippen LogP contribution is 2.16. The van der Waals surface area contributed by atoms with Crippen molar-refractivity contribution in [2.24, 2.45) is 0 Å². The molecule has 0 saturated carbocycles. The van der Waals surface area contributed by atoms with Crippen LogP contribution in [0.5, 0.6) is 5.75 Å². The van der Waals surface area contributed by atoms with Gasteiger partial charge >= 0.3 is 0 Å². The second kappa shape index (κ2) is 10.1. The highest BCUT2D eigenvalue weighted by atomic mass is 16.5. The van der Waals surface area contributed by atoms with Gasteiger partial charge in [0.05, 0.1) is 11.9 Å². The Bertz CT molecular complexity index is 1060. The average molecular weight is 408 g/mol. The van der Waals surface area contributed by atoms with Crippen molar-refractivity contribution < 1.29 is 9.53 Å². The number of ether oxygens (including phenoxy) is 1. The van der Waals surface area contributed by atoms with Crippen LogP contribution in [0.15, 0.2) is 53.3 Å². The molecule has 0 N–H and O–H groups in total. The van der Waals surface area contributed by atoms with E-state index < -0.39 is 0 Å². The van der Waals surface area contributed by atoms with E-state index in [1.807, 2.05) is 43.3 Å². The molecule has 0 atom stereocenters. The first-order chi connectivity index (χ1) is 14.5. The Hall–Kier alpha value is -3.15. The Balaban J connectivity index is 1.77. The van der Waals surface area contributed by atoms with Crippen molar-refractivity contribution in [2.45, 2.75) is 39.7 Å². The van der Waals surface area contributed by atoms with Crippen molar-refractivity contribution in [3.63, 3.8) is 0 Å². The predicted octanol–water partition coefficient (Wildman–Crippen LogP) is 4.05. The predicted molar refractivity (Wildman–Crippen MR) is 119 cm³/mol. The van der Waals surface area contributed by atoms with Gasteiger partial charge in [-0.3, -0.25) is 9.59 Å². The Morgan fingerprint density at radius 3 is 2.47 bits per heavy atom. The maximum Gasteiger partial charge on any atom is 0.274 e. The van der Waals surface area contributed by atoms with Crippen molar-refractivity contribution in [3.8, 4) is 5.75 Å². The Kier molecular flexibility index (Phi) is 7.22. The molecule has 0 aliphatic heterocycles. The Morgan fingerprint density at radius 1 is 1.07 bits per heavy atom. The zero-order valence-corrected chi connectivity index (χ0v) is 17.9. The molecule has 1 amide bonds. The van der Waals surface area contributed by atoms with E-state index in [0.717, 1.165) is 25.0 Å². The van der Waals surface area contributed by atoms with Gasteiger partial charge in [-0.05, 0) is 31.5 Å². The summed E-state index contributed by atoms with van der Waals surface area (Å²) in [5.74, 6) is 0.553. The average Bonchev–Trinajstić information content (AvgIpc) is 2.76. The zero-order valence-electron chi connectivity index (χ0n) is 17.9. The van der Waals surface area contributed by atoms with E-state index in [4.69, 9.17) is 4.74 Å². The molecule has 1 heterocycles. The van der Waals surface area contributed by atoms with Crippen LogP contribution in [-0.4, -0.2) is 40.8 Å². The summed E-state index contributed by atoms with van der Waals surface area (Å²) in [6, 6.07) is 15.0. The highest BCUT2D eigenvalue weighted by Gasteiger charge is 2.19. The minimum atomic E-state index is -0.219. The van der Waals surface area contributed by atoms with Crippen molar-refractivity contribution >= 4 is 16.7 Å². The van der Waals surface area contributed by atoms with Gasteiger partial charge < -0.3 is 9.64 Å². The van der Waals surface area contributed by atoms with Crippen LogP contribution in [0.1, 0.15) is 42.2 Å². The molecular weight excluding hydrogens is 378 g/mol. The molecule has 6 heteroatoms. The molecule has 0 unspecified atom stereocenters. The lowest BCUT2D eigenvalue weighted by molar-refractivity contribution is 0.0767. The molecule has 158 valence electrons. The molecule has 2 aromatic carbocycles. The number of carbonyl (C=O) groups excluding carboxylic acids is 1. The monoisotopic (exact) mass is 407 g/mol. The van der Waals surface area contributed by atoms with E-state index in [1.165, 1.54) is 10.2 Å². The van der Waals surface area contributed by atoms with Gasteiger partial charge in [-0.2, -0.15) is 5.10 Å². The second-order valence-electron chi connectivity index (χ2n) is 7.52. The first-order valence-corrected chi connectivity index (χ1v) is 10.5. The van der Waals surface area contributed by atoms with E-state index in [2.05, 4.69) is 12.0 Å². The van der Waals surface area contributed by atoms with Gasteiger partial charge in [0.2, 0.25) is 0 Å². The topological polar surface area (TPSA) is 64.4 Å². The number of likely N-dealkylation sites (N-methyl/N-ethyl adjacent to an activating group) is 1. The fourth-order valence-electron chi connectivity index (χ4n) is 3.27. The number of carbonyl (C=O) groups is 1. The molecule has 1 aromatic heterocycles. The summed E-state index contributed by atoms with van der Waals surface area (Å²) < 4.78 is 7.18. The van der Waals surface area contributed by atoms with Gasteiger partial charge in [0.1, 0.15) is 12.4 Å². The maximum absolute atomic E-state index is 13.1. The maximum atomic E-state index is 13.1. The van der Waals surface area contributed by atoms with Crippen LogP contribution in [0.4, 0.5) is 0 Å². The van der Waals surface area contributed by atoms with Crippen molar-refractivity contribution in [2.75, 3.05) is 20.2 Å². The second-order valence-corrected chi connectivity index (χ2v) is 7.52. The number of hydrogen-bond donors (Lipinski definition) is 0. The summed E-state index contributed by atoms with van der Waals surface area (Å²) >= 11 is 0. The third kappa shape index (κ3) is 5.06. The van der Waals surface area contributed by atoms with Gasteiger partial charge in [-0.25, -0.2) is 4.68 Å². The molecule has 3 aromatic rings. The van der Waals surface area contributed by atoms with E-state index in [9.17, 15) is 9.59 Å². The van der Waals surface area contributed by atoms with Gasteiger partial charge in [-0.1, -0.05) is 55.7 Å². The van der Waals surface area contributed by atoms with Crippen molar-refractivity contribution in [3.05, 3.63) is 70.1 Å². The number of unbranched alkanes of at least 4 members (excludes halogenated alkanes) is 2. The molecular formula is C24H29N3O3. The summed E-state index contributed by atoms with van der Waals surface area (Å²) in [6.45, 7) is 5.43. The molecule has 0 spiro atoms. The molecule has 0 saturated heterocycles. The van der Waals surface area contributed by atoms with Crippen LogP contribution < -0.4 is 10.3 Å². The van der Waals surface area contributed by atoms with Crippen LogP contribution in [-0.2, 0) is 6.54 Å². The lowest BCUT2D eigenvalue weighted by Crippen LogP contribution is -2.34. The Morgan fingerprint density at radius 2 is 1.77 bits per heavy atom. The van der Waals surface area contributed by atoms with E-state index in [1.54, 1.807) is 24.1 Å². The SMILES string of the molecule is CCCCCn1nc(C(=O)N(C)CCOc2ccc(C)cc2)c2ccccc2c1=O. The largest absolute Gasteiger partial charge is 0.492 e. The summed E-state index contributed by atoms with van der Waals surface area (Å²) in [5, 5.41) is 5.55. The van der Waals surface area contributed by atoms with E-state index in [0.29, 0.717) is 36.2 Å². The summed E-state index contributed by atoms with van der Waals surface area (Å²) in [6.07, 6.45) is 2.92. The summed E-state index contributed by atoms with van der Waals surface area (Å²) in [5.41, 5.74) is 1.32. The number of benzene rings is 2. The van der Waals surface area contributed by atoms with Crippen LogP contribution in [0.2, 0.25) is 0 Å². The van der Waals surface area contributed by atoms with Crippen LogP contribution in [0.3, 0.4) is 0 Å². The number of aromatic nitrogens is 2. The minimum Gasteiger partial charge on any atom is -0.492 e. The molecule has 0 bridgehead atoms.